The van der Waals surface area contributed by atoms with E-state index in [4.69, 9.17) is 9.84 Å². The number of carboxylic acids is 1. The summed E-state index contributed by atoms with van der Waals surface area (Å²) in [6, 6.07) is 17.3. The second-order valence-corrected chi connectivity index (χ2v) is 6.43. The van der Waals surface area contributed by atoms with Gasteiger partial charge in [0.25, 0.3) is 0 Å². The first-order valence-corrected chi connectivity index (χ1v) is 8.68. The van der Waals surface area contributed by atoms with Crippen LogP contribution in [0.2, 0.25) is 0 Å². The molecule has 0 saturated heterocycles. The second-order valence-electron chi connectivity index (χ2n) is 6.43. The molecule has 5 nitrogen and oxygen atoms in total. The third-order valence-corrected chi connectivity index (χ3v) is 4.29. The predicted octanol–water partition coefficient (Wildman–Crippen LogP) is 3.69. The third-order valence-electron chi connectivity index (χ3n) is 4.29. The lowest BCUT2D eigenvalue weighted by Crippen LogP contribution is -2.26. The number of hydrogen-bond donors (Lipinski definition) is 1. The molecule has 2 rings (SSSR count). The van der Waals surface area contributed by atoms with E-state index in [1.165, 1.54) is 5.56 Å². The van der Waals surface area contributed by atoms with E-state index in [2.05, 4.69) is 19.1 Å². The average Bonchev–Trinajstić information content (AvgIpc) is 2.65. The molecule has 1 unspecified atom stereocenters. The van der Waals surface area contributed by atoms with Crippen molar-refractivity contribution in [3.63, 3.8) is 0 Å². The molecule has 1 amide bonds. The lowest BCUT2D eigenvalue weighted by Gasteiger charge is -2.19. The van der Waals surface area contributed by atoms with Gasteiger partial charge in [0, 0.05) is 20.0 Å². The van der Waals surface area contributed by atoms with E-state index in [1.54, 1.807) is 24.1 Å². The van der Waals surface area contributed by atoms with Crippen molar-refractivity contribution in [2.75, 3.05) is 13.7 Å². The average molecular weight is 355 g/mol. The van der Waals surface area contributed by atoms with Gasteiger partial charge in [-0.05, 0) is 35.6 Å². The molecular weight excluding hydrogens is 330 g/mol. The van der Waals surface area contributed by atoms with Gasteiger partial charge in [0.1, 0.15) is 5.75 Å². The molecule has 0 saturated carbocycles. The van der Waals surface area contributed by atoms with Gasteiger partial charge < -0.3 is 14.7 Å². The van der Waals surface area contributed by atoms with Gasteiger partial charge in [-0.1, -0.05) is 49.4 Å². The van der Waals surface area contributed by atoms with Crippen LogP contribution in [0.25, 0.3) is 0 Å². The molecule has 5 heteroatoms. The zero-order chi connectivity index (χ0) is 18.9. The molecule has 0 aliphatic heterocycles. The van der Waals surface area contributed by atoms with Crippen LogP contribution in [0.1, 0.15) is 36.8 Å². The molecule has 0 heterocycles. The van der Waals surface area contributed by atoms with Crippen molar-refractivity contribution in [2.45, 2.75) is 32.2 Å². The number of amides is 1. The molecule has 0 aliphatic carbocycles. The summed E-state index contributed by atoms with van der Waals surface area (Å²) in [5, 5.41) is 8.60. The van der Waals surface area contributed by atoms with Crippen LogP contribution in [0.3, 0.4) is 0 Å². The Morgan fingerprint density at radius 3 is 2.35 bits per heavy atom. The maximum absolute atomic E-state index is 12.4. The number of ether oxygens (including phenoxy) is 1. The van der Waals surface area contributed by atoms with Crippen LogP contribution in [0.4, 0.5) is 0 Å². The Bertz CT molecular complexity index is 713. The number of rotatable bonds is 9. The fourth-order valence-electron chi connectivity index (χ4n) is 2.68. The minimum atomic E-state index is -1.01. The third kappa shape index (κ3) is 6.24. The van der Waals surface area contributed by atoms with E-state index < -0.39 is 5.97 Å². The molecule has 0 radical (unpaired) electrons. The SMILES string of the molecule is CC(CCC(=O)N(C)Cc1ccc(OCC(=O)O)cc1)c1ccccc1. The number of carbonyl (C=O) groups is 2. The summed E-state index contributed by atoms with van der Waals surface area (Å²) >= 11 is 0. The molecule has 0 bridgehead atoms. The summed E-state index contributed by atoms with van der Waals surface area (Å²) < 4.78 is 5.10. The van der Waals surface area contributed by atoms with Crippen molar-refractivity contribution >= 4 is 11.9 Å². The minimum absolute atomic E-state index is 0.110. The normalized spacial score (nSPS) is 11.6. The van der Waals surface area contributed by atoms with Crippen LogP contribution in [-0.2, 0) is 16.1 Å². The number of hydrogen-bond acceptors (Lipinski definition) is 3. The van der Waals surface area contributed by atoms with Crippen molar-refractivity contribution in [2.24, 2.45) is 0 Å². The first-order valence-electron chi connectivity index (χ1n) is 8.68. The maximum Gasteiger partial charge on any atom is 0.341 e. The molecule has 2 aromatic carbocycles. The van der Waals surface area contributed by atoms with E-state index in [9.17, 15) is 9.59 Å². The van der Waals surface area contributed by atoms with Crippen LogP contribution in [0, 0.1) is 0 Å². The van der Waals surface area contributed by atoms with Crippen molar-refractivity contribution in [3.8, 4) is 5.75 Å². The predicted molar refractivity (Wildman–Crippen MR) is 100 cm³/mol. The van der Waals surface area contributed by atoms with Crippen LogP contribution in [-0.4, -0.2) is 35.5 Å². The molecule has 26 heavy (non-hydrogen) atoms. The van der Waals surface area contributed by atoms with Crippen molar-refractivity contribution in [3.05, 3.63) is 65.7 Å². The molecule has 1 N–H and O–H groups in total. The summed E-state index contributed by atoms with van der Waals surface area (Å²) in [5.41, 5.74) is 2.22. The van der Waals surface area contributed by atoms with E-state index in [-0.39, 0.29) is 12.5 Å². The molecule has 0 spiro atoms. The van der Waals surface area contributed by atoms with Gasteiger partial charge >= 0.3 is 5.97 Å². The second kappa shape index (κ2) is 9.61. The molecule has 0 fully saturated rings. The molecule has 1 atom stereocenters. The van der Waals surface area contributed by atoms with E-state index >= 15 is 0 Å². The number of carboxylic acid groups (broad SMARTS) is 1. The maximum atomic E-state index is 12.4. The number of aliphatic carboxylic acids is 1. The smallest absolute Gasteiger partial charge is 0.341 e. The Labute approximate surface area is 154 Å². The van der Waals surface area contributed by atoms with Gasteiger partial charge in [0.2, 0.25) is 5.91 Å². The molecule has 138 valence electrons. The van der Waals surface area contributed by atoms with Crippen LogP contribution < -0.4 is 4.74 Å². The van der Waals surface area contributed by atoms with Gasteiger partial charge in [0.05, 0.1) is 0 Å². The first kappa shape index (κ1) is 19.5. The van der Waals surface area contributed by atoms with Crippen molar-refractivity contribution in [1.29, 1.82) is 0 Å². The zero-order valence-corrected chi connectivity index (χ0v) is 15.2. The highest BCUT2D eigenvalue weighted by Gasteiger charge is 2.13. The molecule has 0 aliphatic rings. The van der Waals surface area contributed by atoms with Gasteiger partial charge in [0.15, 0.2) is 6.61 Å². The lowest BCUT2D eigenvalue weighted by atomic mass is 9.96. The molecule has 2 aromatic rings. The first-order chi connectivity index (χ1) is 12.5. The summed E-state index contributed by atoms with van der Waals surface area (Å²) in [7, 11) is 1.80. The number of benzene rings is 2. The lowest BCUT2D eigenvalue weighted by molar-refractivity contribution is -0.139. The van der Waals surface area contributed by atoms with Gasteiger partial charge in [-0.3, -0.25) is 4.79 Å². The van der Waals surface area contributed by atoms with E-state index in [0.29, 0.717) is 24.6 Å². The summed E-state index contributed by atoms with van der Waals surface area (Å²) in [6.07, 6.45) is 1.32. The largest absolute Gasteiger partial charge is 0.482 e. The molecule has 0 aromatic heterocycles. The fraction of sp³-hybridized carbons (Fsp3) is 0.333. The monoisotopic (exact) mass is 355 g/mol. The standard InChI is InChI=1S/C21H25NO4/c1-16(18-6-4-3-5-7-18)8-13-20(23)22(2)14-17-9-11-19(12-10-17)26-15-21(24)25/h3-7,9-12,16H,8,13-15H2,1-2H3,(H,24,25). The fourth-order valence-corrected chi connectivity index (χ4v) is 2.68. The Morgan fingerprint density at radius 2 is 1.73 bits per heavy atom. The number of nitrogens with zero attached hydrogens (tertiary/aromatic N) is 1. The quantitative estimate of drug-likeness (QED) is 0.745. The van der Waals surface area contributed by atoms with Crippen LogP contribution in [0.5, 0.6) is 5.75 Å². The highest BCUT2D eigenvalue weighted by atomic mass is 16.5. The van der Waals surface area contributed by atoms with Crippen LogP contribution >= 0.6 is 0 Å². The van der Waals surface area contributed by atoms with Crippen molar-refractivity contribution < 1.29 is 19.4 Å². The van der Waals surface area contributed by atoms with E-state index in [0.717, 1.165) is 12.0 Å². The van der Waals surface area contributed by atoms with E-state index in [1.807, 2.05) is 30.3 Å². The number of carbonyl (C=O) groups excluding carboxylic acids is 1. The summed E-state index contributed by atoms with van der Waals surface area (Å²) in [4.78, 5) is 24.6. The minimum Gasteiger partial charge on any atom is -0.482 e. The highest BCUT2D eigenvalue weighted by molar-refractivity contribution is 5.75. The summed E-state index contributed by atoms with van der Waals surface area (Å²) in [5.74, 6) is -0.0517. The van der Waals surface area contributed by atoms with Gasteiger partial charge in [-0.2, -0.15) is 0 Å². The highest BCUT2D eigenvalue weighted by Crippen LogP contribution is 2.21. The van der Waals surface area contributed by atoms with Crippen LogP contribution in [0.15, 0.2) is 54.6 Å². The molecular formula is C21H25NO4. The Hall–Kier alpha value is -2.82. The topological polar surface area (TPSA) is 66.8 Å². The Morgan fingerprint density at radius 1 is 1.08 bits per heavy atom. The zero-order valence-electron chi connectivity index (χ0n) is 15.2. The Balaban J connectivity index is 1.80. The van der Waals surface area contributed by atoms with Gasteiger partial charge in [-0.25, -0.2) is 4.79 Å². The van der Waals surface area contributed by atoms with Gasteiger partial charge in [-0.15, -0.1) is 0 Å². The Kier molecular flexibility index (Phi) is 7.21. The van der Waals surface area contributed by atoms with Crippen molar-refractivity contribution in [1.82, 2.24) is 4.90 Å². The summed E-state index contributed by atoms with van der Waals surface area (Å²) in [6.45, 7) is 2.29.